The Kier molecular flexibility index (Phi) is 3.91. The Bertz CT molecular complexity index is 490. The van der Waals surface area contributed by atoms with Crippen LogP contribution in [0, 0.1) is 5.82 Å². The van der Waals surface area contributed by atoms with Crippen molar-refractivity contribution in [1.29, 1.82) is 0 Å². The highest BCUT2D eigenvalue weighted by molar-refractivity contribution is 7.80. The van der Waals surface area contributed by atoms with Gasteiger partial charge in [0, 0.05) is 25.1 Å². The van der Waals surface area contributed by atoms with E-state index < -0.39 is 0 Å². The van der Waals surface area contributed by atoms with Crippen LogP contribution in [0.5, 0.6) is 0 Å². The lowest BCUT2D eigenvalue weighted by atomic mass is 10.1. The van der Waals surface area contributed by atoms with E-state index in [4.69, 9.17) is 18.0 Å². The molecule has 1 amide bonds. The summed E-state index contributed by atoms with van der Waals surface area (Å²) in [7, 11) is 0. The summed E-state index contributed by atoms with van der Waals surface area (Å²) in [5.41, 5.74) is 6.73. The molecule has 1 aliphatic rings. The highest BCUT2D eigenvalue weighted by atomic mass is 32.1. The average Bonchev–Trinajstić information content (AvgIpc) is 2.31. The fourth-order valence-electron chi connectivity index (χ4n) is 2.13. The van der Waals surface area contributed by atoms with Gasteiger partial charge >= 0.3 is 0 Å². The lowest BCUT2D eigenvalue weighted by Crippen LogP contribution is -2.34. The SMILES string of the molecule is NC(=S)c1cc(F)cc(CN2CCCCC2=O)c1. The normalized spacial score (nSPS) is 15.8. The van der Waals surface area contributed by atoms with Gasteiger partial charge in [-0.3, -0.25) is 4.79 Å². The van der Waals surface area contributed by atoms with Crippen LogP contribution in [0.25, 0.3) is 0 Å². The second-order valence-electron chi connectivity index (χ2n) is 4.48. The van der Waals surface area contributed by atoms with Gasteiger partial charge in [0.15, 0.2) is 0 Å². The zero-order chi connectivity index (χ0) is 13.1. The number of benzene rings is 1. The topological polar surface area (TPSA) is 46.3 Å². The Morgan fingerprint density at radius 2 is 2.17 bits per heavy atom. The van der Waals surface area contributed by atoms with Crippen LogP contribution in [0.2, 0.25) is 0 Å². The van der Waals surface area contributed by atoms with Gasteiger partial charge in [-0.2, -0.15) is 0 Å². The van der Waals surface area contributed by atoms with Crippen LogP contribution in [0.3, 0.4) is 0 Å². The molecular formula is C13H15FN2OS. The molecule has 18 heavy (non-hydrogen) atoms. The molecule has 1 aromatic carbocycles. The number of halogens is 1. The van der Waals surface area contributed by atoms with E-state index in [2.05, 4.69) is 0 Å². The molecular weight excluding hydrogens is 251 g/mol. The summed E-state index contributed by atoms with van der Waals surface area (Å²) in [6.45, 7) is 1.16. The second-order valence-corrected chi connectivity index (χ2v) is 4.92. The zero-order valence-electron chi connectivity index (χ0n) is 9.99. The van der Waals surface area contributed by atoms with E-state index >= 15 is 0 Å². The van der Waals surface area contributed by atoms with E-state index in [1.54, 1.807) is 11.0 Å². The molecule has 1 aromatic rings. The molecule has 2 N–H and O–H groups in total. The third-order valence-electron chi connectivity index (χ3n) is 3.04. The van der Waals surface area contributed by atoms with Gasteiger partial charge in [0.1, 0.15) is 10.8 Å². The number of thiocarbonyl (C=S) groups is 1. The minimum Gasteiger partial charge on any atom is -0.389 e. The summed E-state index contributed by atoms with van der Waals surface area (Å²) >= 11 is 4.84. The highest BCUT2D eigenvalue weighted by Crippen LogP contribution is 2.16. The molecule has 0 atom stereocenters. The summed E-state index contributed by atoms with van der Waals surface area (Å²) in [6.07, 6.45) is 2.53. The largest absolute Gasteiger partial charge is 0.389 e. The van der Waals surface area contributed by atoms with E-state index in [1.807, 2.05) is 0 Å². The van der Waals surface area contributed by atoms with Crippen molar-refractivity contribution in [1.82, 2.24) is 4.90 Å². The van der Waals surface area contributed by atoms with Crippen molar-refractivity contribution in [2.75, 3.05) is 6.54 Å². The first-order valence-electron chi connectivity index (χ1n) is 5.93. The Hall–Kier alpha value is -1.49. The first-order chi connectivity index (χ1) is 8.56. The molecule has 3 nitrogen and oxygen atoms in total. The van der Waals surface area contributed by atoms with E-state index in [1.165, 1.54) is 12.1 Å². The Morgan fingerprint density at radius 1 is 1.39 bits per heavy atom. The first-order valence-corrected chi connectivity index (χ1v) is 6.34. The highest BCUT2D eigenvalue weighted by Gasteiger charge is 2.18. The number of carbonyl (C=O) groups is 1. The van der Waals surface area contributed by atoms with Gasteiger partial charge in [0.05, 0.1) is 0 Å². The predicted octanol–water partition coefficient (Wildman–Crippen LogP) is 1.97. The smallest absolute Gasteiger partial charge is 0.222 e. The number of hydrogen-bond acceptors (Lipinski definition) is 2. The quantitative estimate of drug-likeness (QED) is 0.851. The van der Waals surface area contributed by atoms with Crippen molar-refractivity contribution in [3.63, 3.8) is 0 Å². The van der Waals surface area contributed by atoms with Crippen molar-refractivity contribution in [2.24, 2.45) is 5.73 Å². The van der Waals surface area contributed by atoms with Crippen LogP contribution in [0.4, 0.5) is 4.39 Å². The van der Waals surface area contributed by atoms with Crippen molar-refractivity contribution >= 4 is 23.1 Å². The maximum atomic E-state index is 13.4. The number of amides is 1. The van der Waals surface area contributed by atoms with Crippen LogP contribution >= 0.6 is 12.2 Å². The number of nitrogens with two attached hydrogens (primary N) is 1. The third-order valence-corrected chi connectivity index (χ3v) is 3.27. The zero-order valence-corrected chi connectivity index (χ0v) is 10.8. The molecule has 0 radical (unpaired) electrons. The maximum absolute atomic E-state index is 13.4. The van der Waals surface area contributed by atoms with Gasteiger partial charge in [-0.05, 0) is 36.6 Å². The van der Waals surface area contributed by atoms with E-state index in [0.717, 1.165) is 24.9 Å². The maximum Gasteiger partial charge on any atom is 0.222 e. The van der Waals surface area contributed by atoms with Crippen LogP contribution in [-0.4, -0.2) is 22.3 Å². The van der Waals surface area contributed by atoms with Crippen molar-refractivity contribution in [3.05, 3.63) is 35.1 Å². The summed E-state index contributed by atoms with van der Waals surface area (Å²) < 4.78 is 13.4. The molecule has 0 aliphatic carbocycles. The minimum absolute atomic E-state index is 0.127. The summed E-state index contributed by atoms with van der Waals surface area (Å²) in [4.78, 5) is 13.6. The third kappa shape index (κ3) is 3.04. The van der Waals surface area contributed by atoms with Gasteiger partial charge in [-0.25, -0.2) is 4.39 Å². The van der Waals surface area contributed by atoms with Crippen LogP contribution < -0.4 is 5.73 Å². The molecule has 1 aliphatic heterocycles. The summed E-state index contributed by atoms with van der Waals surface area (Å²) in [6, 6.07) is 4.47. The number of nitrogens with zero attached hydrogens (tertiary/aromatic N) is 1. The Labute approximate surface area is 111 Å². The summed E-state index contributed by atoms with van der Waals surface area (Å²) in [5.74, 6) is -0.248. The second kappa shape index (κ2) is 5.44. The fraction of sp³-hybridized carbons (Fsp3) is 0.385. The number of hydrogen-bond donors (Lipinski definition) is 1. The number of carbonyl (C=O) groups excluding carboxylic acids is 1. The van der Waals surface area contributed by atoms with Gasteiger partial charge in [0.2, 0.25) is 5.91 Å². The number of piperidine rings is 1. The Morgan fingerprint density at radius 3 is 2.83 bits per heavy atom. The lowest BCUT2D eigenvalue weighted by Gasteiger charge is -2.26. The number of likely N-dealkylation sites (tertiary alicyclic amines) is 1. The van der Waals surface area contributed by atoms with Gasteiger partial charge in [-0.15, -0.1) is 0 Å². The fourth-order valence-corrected chi connectivity index (χ4v) is 2.25. The average molecular weight is 266 g/mol. The van der Waals surface area contributed by atoms with Crippen LogP contribution in [-0.2, 0) is 11.3 Å². The van der Waals surface area contributed by atoms with E-state index in [-0.39, 0.29) is 16.7 Å². The van der Waals surface area contributed by atoms with Crippen LogP contribution in [0.1, 0.15) is 30.4 Å². The molecule has 0 aromatic heterocycles. The van der Waals surface area contributed by atoms with Crippen molar-refractivity contribution in [3.8, 4) is 0 Å². The molecule has 1 fully saturated rings. The molecule has 96 valence electrons. The van der Waals surface area contributed by atoms with E-state index in [0.29, 0.717) is 18.5 Å². The standard InChI is InChI=1S/C13H15FN2OS/c14-11-6-9(5-10(7-11)13(15)18)8-16-4-2-1-3-12(16)17/h5-7H,1-4,8H2,(H2,15,18). The monoisotopic (exact) mass is 266 g/mol. The molecule has 0 unspecified atom stereocenters. The first kappa shape index (κ1) is 13.0. The molecule has 1 heterocycles. The summed E-state index contributed by atoms with van der Waals surface area (Å²) in [5, 5.41) is 0. The number of rotatable bonds is 3. The molecule has 1 saturated heterocycles. The van der Waals surface area contributed by atoms with Crippen molar-refractivity contribution < 1.29 is 9.18 Å². The molecule has 0 spiro atoms. The molecule has 0 saturated carbocycles. The molecule has 0 bridgehead atoms. The Balaban J connectivity index is 2.17. The minimum atomic E-state index is -0.375. The van der Waals surface area contributed by atoms with Crippen molar-refractivity contribution in [2.45, 2.75) is 25.8 Å². The molecule has 5 heteroatoms. The van der Waals surface area contributed by atoms with Crippen LogP contribution in [0.15, 0.2) is 18.2 Å². The lowest BCUT2D eigenvalue weighted by molar-refractivity contribution is -0.133. The van der Waals surface area contributed by atoms with E-state index in [9.17, 15) is 9.18 Å². The van der Waals surface area contributed by atoms with Gasteiger partial charge in [0.25, 0.3) is 0 Å². The predicted molar refractivity (Wildman–Crippen MR) is 71.6 cm³/mol. The van der Waals surface area contributed by atoms with Gasteiger partial charge in [-0.1, -0.05) is 12.2 Å². The van der Waals surface area contributed by atoms with Gasteiger partial charge < -0.3 is 10.6 Å². The molecule has 2 rings (SSSR count).